The molecule has 5 fully saturated rings. The maximum Gasteiger partial charge on any atom is 0.0759 e. The van der Waals surface area contributed by atoms with Gasteiger partial charge in [0.15, 0.2) is 0 Å². The molecule has 4 aliphatic carbocycles. The van der Waals surface area contributed by atoms with Gasteiger partial charge in [0.2, 0.25) is 0 Å². The summed E-state index contributed by atoms with van der Waals surface area (Å²) in [6, 6.07) is 0.619. The van der Waals surface area contributed by atoms with E-state index in [0.717, 1.165) is 24.3 Å². The molecule has 0 aromatic rings. The second-order valence-corrected chi connectivity index (χ2v) is 8.26. The molecule has 3 atom stereocenters. The SMILES string of the molecule is CC1CC(C)OC(C23CC4CC(CC(C4)C2)C3)CN1. The molecule has 4 saturated carbocycles. The van der Waals surface area contributed by atoms with E-state index in [4.69, 9.17) is 4.74 Å². The second kappa shape index (κ2) is 4.46. The highest BCUT2D eigenvalue weighted by Crippen LogP contribution is 2.61. The Hall–Kier alpha value is -0.0800. The molecule has 1 N–H and O–H groups in total. The molecule has 1 aliphatic heterocycles. The fourth-order valence-corrected chi connectivity index (χ4v) is 6.21. The monoisotopic (exact) mass is 263 g/mol. The molecule has 0 radical (unpaired) electrons. The number of hydrogen-bond donors (Lipinski definition) is 1. The Balaban J connectivity index is 1.57. The first kappa shape index (κ1) is 12.6. The van der Waals surface area contributed by atoms with Crippen LogP contribution in [0.4, 0.5) is 0 Å². The normalized spacial score (nSPS) is 57.2. The van der Waals surface area contributed by atoms with Crippen LogP contribution in [0.3, 0.4) is 0 Å². The van der Waals surface area contributed by atoms with Crippen molar-refractivity contribution in [3.63, 3.8) is 0 Å². The van der Waals surface area contributed by atoms with Gasteiger partial charge in [-0.3, -0.25) is 0 Å². The van der Waals surface area contributed by atoms with E-state index in [1.807, 2.05) is 0 Å². The van der Waals surface area contributed by atoms with E-state index in [1.165, 1.54) is 44.9 Å². The molecule has 1 heterocycles. The number of ether oxygens (including phenoxy) is 1. The number of rotatable bonds is 1. The van der Waals surface area contributed by atoms with E-state index in [0.29, 0.717) is 23.7 Å². The van der Waals surface area contributed by atoms with Crippen molar-refractivity contribution in [3.8, 4) is 0 Å². The molecule has 19 heavy (non-hydrogen) atoms. The maximum absolute atomic E-state index is 6.50. The average Bonchev–Trinajstić information content (AvgIpc) is 2.48. The molecule has 0 aromatic carbocycles. The van der Waals surface area contributed by atoms with Gasteiger partial charge in [0.1, 0.15) is 0 Å². The molecule has 0 amide bonds. The highest BCUT2D eigenvalue weighted by molar-refractivity contribution is 5.05. The quantitative estimate of drug-likeness (QED) is 0.783. The smallest absolute Gasteiger partial charge is 0.0759 e. The summed E-state index contributed by atoms with van der Waals surface area (Å²) in [6.45, 7) is 5.68. The molecule has 2 nitrogen and oxygen atoms in total. The molecule has 0 spiro atoms. The van der Waals surface area contributed by atoms with Crippen LogP contribution >= 0.6 is 0 Å². The third-order valence-electron chi connectivity index (χ3n) is 6.50. The number of hydrogen-bond acceptors (Lipinski definition) is 2. The van der Waals surface area contributed by atoms with Crippen LogP contribution in [0.5, 0.6) is 0 Å². The zero-order valence-corrected chi connectivity index (χ0v) is 12.5. The third kappa shape index (κ3) is 2.15. The first-order valence-electron chi connectivity index (χ1n) is 8.52. The predicted octanol–water partition coefficient (Wildman–Crippen LogP) is 3.36. The van der Waals surface area contributed by atoms with Crippen LogP contribution in [0.2, 0.25) is 0 Å². The summed E-state index contributed by atoms with van der Waals surface area (Å²) < 4.78 is 6.50. The van der Waals surface area contributed by atoms with Crippen molar-refractivity contribution in [2.45, 2.75) is 77.0 Å². The molecule has 5 rings (SSSR count). The van der Waals surface area contributed by atoms with Crippen LogP contribution < -0.4 is 5.32 Å². The summed E-state index contributed by atoms with van der Waals surface area (Å²) in [6.07, 6.45) is 11.1. The lowest BCUT2D eigenvalue weighted by Gasteiger charge is -2.59. The Morgan fingerprint density at radius 1 is 0.895 bits per heavy atom. The van der Waals surface area contributed by atoms with Crippen LogP contribution in [-0.4, -0.2) is 24.8 Å². The lowest BCUT2D eigenvalue weighted by atomic mass is 9.48. The highest BCUT2D eigenvalue weighted by Gasteiger charge is 2.55. The summed E-state index contributed by atoms with van der Waals surface area (Å²) in [5, 5.41) is 3.72. The summed E-state index contributed by atoms with van der Waals surface area (Å²) in [5.41, 5.74) is 0.542. The average molecular weight is 263 g/mol. The van der Waals surface area contributed by atoms with Gasteiger partial charge in [0, 0.05) is 12.6 Å². The van der Waals surface area contributed by atoms with E-state index >= 15 is 0 Å². The van der Waals surface area contributed by atoms with Crippen molar-refractivity contribution in [2.24, 2.45) is 23.2 Å². The lowest BCUT2D eigenvalue weighted by molar-refractivity contribution is -0.151. The van der Waals surface area contributed by atoms with Gasteiger partial charge in [-0.25, -0.2) is 0 Å². The maximum atomic E-state index is 6.50. The minimum Gasteiger partial charge on any atom is -0.373 e. The van der Waals surface area contributed by atoms with E-state index in [1.54, 1.807) is 0 Å². The van der Waals surface area contributed by atoms with Crippen molar-refractivity contribution in [2.75, 3.05) is 6.54 Å². The topological polar surface area (TPSA) is 21.3 Å². The van der Waals surface area contributed by atoms with Gasteiger partial charge in [-0.1, -0.05) is 0 Å². The standard InChI is InChI=1S/C17H29NO/c1-11-3-12(2)19-16(10-18-11)17-7-13-4-14(8-17)6-15(5-13)9-17/h11-16,18H,3-10H2,1-2H3. The Morgan fingerprint density at radius 2 is 1.47 bits per heavy atom. The highest BCUT2D eigenvalue weighted by atomic mass is 16.5. The van der Waals surface area contributed by atoms with E-state index in [2.05, 4.69) is 19.2 Å². The van der Waals surface area contributed by atoms with Crippen LogP contribution in [0.25, 0.3) is 0 Å². The zero-order valence-electron chi connectivity index (χ0n) is 12.5. The Morgan fingerprint density at radius 3 is 2.05 bits per heavy atom. The summed E-state index contributed by atoms with van der Waals surface area (Å²) in [5.74, 6) is 3.10. The zero-order chi connectivity index (χ0) is 13.0. The summed E-state index contributed by atoms with van der Waals surface area (Å²) in [4.78, 5) is 0. The van der Waals surface area contributed by atoms with Gasteiger partial charge in [-0.2, -0.15) is 0 Å². The molecule has 5 aliphatic rings. The second-order valence-electron chi connectivity index (χ2n) is 8.26. The van der Waals surface area contributed by atoms with Crippen molar-refractivity contribution < 1.29 is 4.74 Å². The molecular formula is C17H29NO. The molecule has 108 valence electrons. The van der Waals surface area contributed by atoms with Crippen LogP contribution in [0.1, 0.15) is 58.8 Å². The van der Waals surface area contributed by atoms with Crippen molar-refractivity contribution in [1.82, 2.24) is 5.32 Å². The molecule has 2 heteroatoms. The van der Waals surface area contributed by atoms with Crippen LogP contribution in [0, 0.1) is 23.2 Å². The van der Waals surface area contributed by atoms with Gasteiger partial charge in [0.05, 0.1) is 12.2 Å². The fourth-order valence-electron chi connectivity index (χ4n) is 6.21. The first-order valence-corrected chi connectivity index (χ1v) is 8.52. The van der Waals surface area contributed by atoms with E-state index in [-0.39, 0.29) is 0 Å². The molecular weight excluding hydrogens is 234 g/mol. The van der Waals surface area contributed by atoms with Gasteiger partial charge in [0.25, 0.3) is 0 Å². The van der Waals surface area contributed by atoms with E-state index in [9.17, 15) is 0 Å². The molecule has 1 saturated heterocycles. The van der Waals surface area contributed by atoms with Crippen molar-refractivity contribution >= 4 is 0 Å². The Labute approximate surface area is 117 Å². The largest absolute Gasteiger partial charge is 0.373 e. The molecule has 0 aromatic heterocycles. The fraction of sp³-hybridized carbons (Fsp3) is 1.00. The van der Waals surface area contributed by atoms with Crippen molar-refractivity contribution in [1.29, 1.82) is 0 Å². The minimum absolute atomic E-state index is 0.433. The molecule has 4 bridgehead atoms. The van der Waals surface area contributed by atoms with Gasteiger partial charge in [-0.05, 0) is 82.0 Å². The van der Waals surface area contributed by atoms with Gasteiger partial charge >= 0.3 is 0 Å². The van der Waals surface area contributed by atoms with Crippen LogP contribution in [0.15, 0.2) is 0 Å². The first-order chi connectivity index (χ1) is 9.13. The summed E-state index contributed by atoms with van der Waals surface area (Å²) >= 11 is 0. The Bertz CT molecular complexity index is 318. The van der Waals surface area contributed by atoms with Crippen molar-refractivity contribution in [3.05, 3.63) is 0 Å². The molecule has 3 unspecified atom stereocenters. The lowest BCUT2D eigenvalue weighted by Crippen LogP contribution is -2.55. The summed E-state index contributed by atoms with van der Waals surface area (Å²) in [7, 11) is 0. The number of nitrogens with one attached hydrogen (secondary N) is 1. The van der Waals surface area contributed by atoms with Crippen LogP contribution in [-0.2, 0) is 4.74 Å². The predicted molar refractivity (Wildman–Crippen MR) is 77.0 cm³/mol. The Kier molecular flexibility index (Phi) is 2.97. The van der Waals surface area contributed by atoms with Gasteiger partial charge < -0.3 is 10.1 Å². The third-order valence-corrected chi connectivity index (χ3v) is 6.50. The van der Waals surface area contributed by atoms with E-state index < -0.39 is 0 Å². The van der Waals surface area contributed by atoms with Gasteiger partial charge in [-0.15, -0.1) is 0 Å². The minimum atomic E-state index is 0.433.